The van der Waals surface area contributed by atoms with E-state index in [4.69, 9.17) is 19.1 Å². The predicted octanol–water partition coefficient (Wildman–Crippen LogP) is 7.24. The van der Waals surface area contributed by atoms with Crippen LogP contribution in [-0.4, -0.2) is 99.3 Å². The number of unbranched alkanes of at least 4 members (excludes halogenated alkanes) is 12. The highest BCUT2D eigenvalue weighted by Crippen LogP contribution is 2.43. The van der Waals surface area contributed by atoms with E-state index in [2.05, 4.69) is 11.4 Å². The molecule has 324 valence electrons. The molecule has 0 spiro atoms. The number of hydrogen-bond donors (Lipinski definition) is 6. The number of rotatable bonds is 37. The van der Waals surface area contributed by atoms with Gasteiger partial charge in [-0.2, -0.15) is 0 Å². The molecule has 0 aromatic heterocycles. The fourth-order valence-corrected chi connectivity index (χ4v) is 6.01. The van der Waals surface area contributed by atoms with Crippen molar-refractivity contribution in [1.82, 2.24) is 0 Å². The molecule has 0 saturated heterocycles. The van der Waals surface area contributed by atoms with Crippen molar-refractivity contribution in [1.29, 1.82) is 0 Å². The molecular weight excluding hydrogens is 743 g/mol. The van der Waals surface area contributed by atoms with Crippen LogP contribution in [0.15, 0.2) is 60.8 Å². The van der Waals surface area contributed by atoms with Gasteiger partial charge < -0.3 is 39.9 Å². The van der Waals surface area contributed by atoms with Crippen LogP contribution in [0.2, 0.25) is 0 Å². The van der Waals surface area contributed by atoms with Gasteiger partial charge in [0, 0.05) is 12.8 Å². The maximum Gasteiger partial charge on any atom is 0.472 e. The second kappa shape index (κ2) is 36.9. The summed E-state index contributed by atoms with van der Waals surface area (Å²) in [5.74, 6) is -1.26. The summed E-state index contributed by atoms with van der Waals surface area (Å²) in [6.45, 7) is 1.77. The first kappa shape index (κ1) is 53.6. The molecule has 0 fully saturated rings. The average molecular weight is 817 g/mol. The van der Waals surface area contributed by atoms with Gasteiger partial charge in [0.2, 0.25) is 0 Å². The topological polar surface area (TPSA) is 210 Å². The molecule has 13 nitrogen and oxygen atoms in total. The van der Waals surface area contributed by atoms with Crippen molar-refractivity contribution >= 4 is 19.8 Å². The maximum absolute atomic E-state index is 12.6. The molecule has 14 heteroatoms. The Morgan fingerprint density at radius 3 is 1.77 bits per heavy atom. The normalized spacial score (nSPS) is 16.2. The Balaban J connectivity index is 4.67. The third-order valence-electron chi connectivity index (χ3n) is 8.53. The Morgan fingerprint density at radius 1 is 0.643 bits per heavy atom. The predicted molar refractivity (Wildman–Crippen MR) is 218 cm³/mol. The monoisotopic (exact) mass is 816 g/mol. The highest BCUT2D eigenvalue weighted by Gasteiger charge is 2.27. The van der Waals surface area contributed by atoms with Gasteiger partial charge in [-0.05, 0) is 32.1 Å². The second-order valence-electron chi connectivity index (χ2n) is 13.9. The Kier molecular flexibility index (Phi) is 35.2. The van der Waals surface area contributed by atoms with E-state index in [9.17, 15) is 39.5 Å². The molecule has 0 aliphatic heterocycles. The van der Waals surface area contributed by atoms with Gasteiger partial charge in [-0.25, -0.2) is 4.57 Å². The molecule has 0 aliphatic carbocycles. The summed E-state index contributed by atoms with van der Waals surface area (Å²) in [5, 5.41) is 48.6. The molecule has 0 amide bonds. The van der Waals surface area contributed by atoms with Crippen LogP contribution in [0.4, 0.5) is 0 Å². The highest BCUT2D eigenvalue weighted by atomic mass is 31.2. The standard InChI is InChI=1S/C42H73O13P/c1-3-5-7-8-9-10-11-12-13-14-15-20-24-30-42(49)55-38(35-54-56(50,51)53-33-37(45)32-43)34-52-41(48)31-25-29-40(47)39(46)28-23-19-17-16-18-22-27-36(44)26-21-6-4-2/h6,16-19,21-23,27-28,36-40,43-47H,3-5,7-15,20,24-26,29-35H2,1-2H3,(H,50,51)/b18-16+,19-17-,21-6-,27-22+,28-23-/t36-,37+,38-,39+,40+/m1/s1. The first-order valence-corrected chi connectivity index (χ1v) is 22.1. The van der Waals surface area contributed by atoms with Gasteiger partial charge in [0.15, 0.2) is 6.10 Å². The smallest absolute Gasteiger partial charge is 0.462 e. The Bertz CT molecular complexity index is 1170. The quantitative estimate of drug-likeness (QED) is 0.0120. The minimum Gasteiger partial charge on any atom is -0.462 e. The van der Waals surface area contributed by atoms with E-state index in [-0.39, 0.29) is 25.7 Å². The van der Waals surface area contributed by atoms with Crippen LogP contribution in [0.25, 0.3) is 0 Å². The van der Waals surface area contributed by atoms with E-state index in [1.807, 2.05) is 19.1 Å². The number of esters is 2. The van der Waals surface area contributed by atoms with Crippen LogP contribution in [-0.2, 0) is 32.7 Å². The third-order valence-corrected chi connectivity index (χ3v) is 9.48. The van der Waals surface area contributed by atoms with Crippen molar-refractivity contribution in [3.8, 4) is 0 Å². The summed E-state index contributed by atoms with van der Waals surface area (Å²) in [6, 6.07) is 0. The zero-order valence-corrected chi connectivity index (χ0v) is 34.8. The molecule has 0 aromatic carbocycles. The molecule has 0 radical (unpaired) electrons. The van der Waals surface area contributed by atoms with Gasteiger partial charge in [-0.1, -0.05) is 152 Å². The lowest BCUT2D eigenvalue weighted by atomic mass is 10.0. The van der Waals surface area contributed by atoms with Gasteiger partial charge >= 0.3 is 19.8 Å². The molecule has 1 unspecified atom stereocenters. The summed E-state index contributed by atoms with van der Waals surface area (Å²) in [6.07, 6.45) is 28.5. The molecule has 0 heterocycles. The van der Waals surface area contributed by atoms with Crippen molar-refractivity contribution in [2.24, 2.45) is 0 Å². The van der Waals surface area contributed by atoms with Crippen LogP contribution in [0, 0.1) is 0 Å². The fraction of sp³-hybridized carbons (Fsp3) is 0.714. The SMILES string of the molecule is CC/C=C\C[C@@H](O)/C=C/C=C/C=C\C=C/[C@H](O)[C@@H](O)CCCC(=O)OC[C@H](COP(=O)(O)OC[C@@H](O)CO)OC(=O)CCCCCCCCCCCCCCC. The lowest BCUT2D eigenvalue weighted by Crippen LogP contribution is -2.30. The van der Waals surface area contributed by atoms with Gasteiger partial charge in [0.1, 0.15) is 12.7 Å². The van der Waals surface area contributed by atoms with Crippen molar-refractivity contribution in [2.45, 2.75) is 166 Å². The summed E-state index contributed by atoms with van der Waals surface area (Å²) in [5.41, 5.74) is 0. The zero-order chi connectivity index (χ0) is 41.7. The fourth-order valence-electron chi connectivity index (χ4n) is 5.22. The lowest BCUT2D eigenvalue weighted by molar-refractivity contribution is -0.161. The van der Waals surface area contributed by atoms with Gasteiger partial charge in [-0.15, -0.1) is 0 Å². The molecule has 0 saturated carbocycles. The molecule has 0 aromatic rings. The Labute approximate surface area is 335 Å². The van der Waals surface area contributed by atoms with Crippen LogP contribution in [0.5, 0.6) is 0 Å². The number of aliphatic hydroxyl groups is 5. The number of ether oxygens (including phenoxy) is 2. The third kappa shape index (κ3) is 34.8. The molecule has 0 aliphatic rings. The average Bonchev–Trinajstić information content (AvgIpc) is 3.17. The van der Waals surface area contributed by atoms with Crippen molar-refractivity contribution in [3.63, 3.8) is 0 Å². The molecule has 0 rings (SSSR count). The van der Waals surface area contributed by atoms with Crippen LogP contribution in [0.3, 0.4) is 0 Å². The van der Waals surface area contributed by atoms with Crippen molar-refractivity contribution in [2.75, 3.05) is 26.4 Å². The van der Waals surface area contributed by atoms with E-state index in [1.165, 1.54) is 63.9 Å². The zero-order valence-electron chi connectivity index (χ0n) is 33.9. The molecule has 6 atom stereocenters. The Hall–Kier alpha value is -2.45. The van der Waals surface area contributed by atoms with E-state index in [0.29, 0.717) is 12.8 Å². The second-order valence-corrected chi connectivity index (χ2v) is 15.3. The lowest BCUT2D eigenvalue weighted by Gasteiger charge is -2.20. The van der Waals surface area contributed by atoms with Gasteiger partial charge in [0.25, 0.3) is 0 Å². The molecule has 56 heavy (non-hydrogen) atoms. The number of carbonyl (C=O) groups excluding carboxylic acids is 2. The minimum absolute atomic E-state index is 0.0934. The van der Waals surface area contributed by atoms with E-state index in [1.54, 1.807) is 42.5 Å². The summed E-state index contributed by atoms with van der Waals surface area (Å²) >= 11 is 0. The van der Waals surface area contributed by atoms with Gasteiger partial charge in [-0.3, -0.25) is 18.6 Å². The van der Waals surface area contributed by atoms with Crippen molar-refractivity contribution < 1.29 is 63.1 Å². The summed E-state index contributed by atoms with van der Waals surface area (Å²) < 4.78 is 32.4. The molecule has 6 N–H and O–H groups in total. The Morgan fingerprint density at radius 2 is 1.18 bits per heavy atom. The van der Waals surface area contributed by atoms with Crippen LogP contribution in [0.1, 0.15) is 136 Å². The molecular formula is C42H73O13P. The van der Waals surface area contributed by atoms with E-state index < -0.39 is 76.7 Å². The number of phosphoric acid groups is 1. The summed E-state index contributed by atoms with van der Waals surface area (Å²) in [7, 11) is -4.70. The first-order chi connectivity index (χ1) is 26.9. The first-order valence-electron chi connectivity index (χ1n) is 20.6. The number of aliphatic hydroxyl groups excluding tert-OH is 5. The highest BCUT2D eigenvalue weighted by molar-refractivity contribution is 7.47. The number of phosphoric ester groups is 1. The number of hydrogen-bond acceptors (Lipinski definition) is 12. The summed E-state index contributed by atoms with van der Waals surface area (Å²) in [4.78, 5) is 35.0. The van der Waals surface area contributed by atoms with Crippen molar-refractivity contribution in [3.05, 3.63) is 60.8 Å². The minimum atomic E-state index is -4.70. The van der Waals surface area contributed by atoms with Crippen LogP contribution >= 0.6 is 7.82 Å². The van der Waals surface area contributed by atoms with E-state index in [0.717, 1.165) is 25.7 Å². The van der Waals surface area contributed by atoms with Gasteiger partial charge in [0.05, 0.1) is 38.1 Å². The van der Waals surface area contributed by atoms with E-state index >= 15 is 0 Å². The van der Waals surface area contributed by atoms with Crippen LogP contribution < -0.4 is 0 Å². The maximum atomic E-state index is 12.6. The number of carbonyl (C=O) groups is 2. The molecule has 0 bridgehead atoms. The largest absolute Gasteiger partial charge is 0.472 e. The number of allylic oxidation sites excluding steroid dienone is 7.